The van der Waals surface area contributed by atoms with Gasteiger partial charge in [0.1, 0.15) is 5.75 Å². The smallest absolute Gasteiger partial charge is 0.119 e. The number of rotatable bonds is 3. The Morgan fingerprint density at radius 1 is 1.22 bits per heavy atom. The molecule has 0 aliphatic carbocycles. The standard InChI is InChI=1S/C14H13BrClNO/c1-18-11-4-2-3-9(7-11)14(17)12-6-5-10(15)8-13(12)16/h2-8,14H,17H2,1H3. The van der Waals surface area contributed by atoms with Crippen LogP contribution in [0.3, 0.4) is 0 Å². The highest BCUT2D eigenvalue weighted by Crippen LogP contribution is 2.30. The van der Waals surface area contributed by atoms with Crippen molar-refractivity contribution in [1.82, 2.24) is 0 Å². The summed E-state index contributed by atoms with van der Waals surface area (Å²) >= 11 is 9.59. The molecule has 0 saturated heterocycles. The fourth-order valence-corrected chi connectivity index (χ4v) is 2.56. The van der Waals surface area contributed by atoms with Crippen LogP contribution in [0.2, 0.25) is 5.02 Å². The lowest BCUT2D eigenvalue weighted by Gasteiger charge is -2.15. The molecule has 2 aromatic carbocycles. The highest BCUT2D eigenvalue weighted by molar-refractivity contribution is 9.10. The Labute approximate surface area is 120 Å². The van der Waals surface area contributed by atoms with Crippen LogP contribution in [-0.4, -0.2) is 7.11 Å². The second-order valence-corrected chi connectivity index (χ2v) is 5.24. The van der Waals surface area contributed by atoms with Crippen molar-refractivity contribution >= 4 is 27.5 Å². The van der Waals surface area contributed by atoms with E-state index in [4.69, 9.17) is 22.1 Å². The Morgan fingerprint density at radius 3 is 2.67 bits per heavy atom. The van der Waals surface area contributed by atoms with Gasteiger partial charge in [0.2, 0.25) is 0 Å². The van der Waals surface area contributed by atoms with Crippen molar-refractivity contribution in [3.63, 3.8) is 0 Å². The fraction of sp³-hybridized carbons (Fsp3) is 0.143. The van der Waals surface area contributed by atoms with Crippen molar-refractivity contribution in [3.8, 4) is 5.75 Å². The molecule has 1 atom stereocenters. The van der Waals surface area contributed by atoms with Gasteiger partial charge in [-0.05, 0) is 35.4 Å². The molecule has 0 aliphatic rings. The van der Waals surface area contributed by atoms with Gasteiger partial charge in [-0.15, -0.1) is 0 Å². The average molecular weight is 327 g/mol. The molecule has 0 bridgehead atoms. The molecule has 0 spiro atoms. The second-order valence-electron chi connectivity index (χ2n) is 3.92. The van der Waals surface area contributed by atoms with E-state index in [0.29, 0.717) is 5.02 Å². The molecule has 0 aliphatic heterocycles. The van der Waals surface area contributed by atoms with E-state index in [1.807, 2.05) is 42.5 Å². The first-order valence-corrected chi connectivity index (χ1v) is 6.63. The van der Waals surface area contributed by atoms with Gasteiger partial charge in [0, 0.05) is 9.50 Å². The lowest BCUT2D eigenvalue weighted by Crippen LogP contribution is -2.12. The molecular formula is C14H13BrClNO. The van der Waals surface area contributed by atoms with Crippen LogP contribution in [0.4, 0.5) is 0 Å². The lowest BCUT2D eigenvalue weighted by molar-refractivity contribution is 0.414. The van der Waals surface area contributed by atoms with Gasteiger partial charge >= 0.3 is 0 Å². The molecule has 1 unspecified atom stereocenters. The summed E-state index contributed by atoms with van der Waals surface area (Å²) in [5, 5.41) is 0.652. The van der Waals surface area contributed by atoms with Gasteiger partial charge in [-0.3, -0.25) is 0 Å². The number of nitrogens with two attached hydrogens (primary N) is 1. The summed E-state index contributed by atoms with van der Waals surface area (Å²) in [6.45, 7) is 0. The van der Waals surface area contributed by atoms with Crippen LogP contribution in [0.15, 0.2) is 46.9 Å². The Morgan fingerprint density at radius 2 is 2.00 bits per heavy atom. The number of ether oxygens (including phenoxy) is 1. The van der Waals surface area contributed by atoms with Crippen molar-refractivity contribution in [2.24, 2.45) is 5.73 Å². The first-order chi connectivity index (χ1) is 8.61. The van der Waals surface area contributed by atoms with Crippen molar-refractivity contribution in [3.05, 3.63) is 63.1 Å². The molecule has 0 aromatic heterocycles. The Bertz CT molecular complexity index is 559. The predicted molar refractivity (Wildman–Crippen MR) is 78.2 cm³/mol. The van der Waals surface area contributed by atoms with Gasteiger partial charge in [-0.25, -0.2) is 0 Å². The summed E-state index contributed by atoms with van der Waals surface area (Å²) < 4.78 is 6.13. The molecular weight excluding hydrogens is 314 g/mol. The molecule has 0 saturated carbocycles. The maximum Gasteiger partial charge on any atom is 0.119 e. The predicted octanol–water partition coefficient (Wildman–Crippen LogP) is 4.16. The van der Waals surface area contributed by atoms with Gasteiger partial charge < -0.3 is 10.5 Å². The van der Waals surface area contributed by atoms with E-state index in [1.54, 1.807) is 7.11 Å². The van der Waals surface area contributed by atoms with Crippen molar-refractivity contribution in [2.45, 2.75) is 6.04 Å². The zero-order chi connectivity index (χ0) is 13.1. The van der Waals surface area contributed by atoms with Gasteiger partial charge in [0.05, 0.1) is 13.2 Å². The third kappa shape index (κ3) is 2.86. The summed E-state index contributed by atoms with van der Waals surface area (Å²) in [5.41, 5.74) is 8.10. The van der Waals surface area contributed by atoms with Crippen LogP contribution in [0.1, 0.15) is 17.2 Å². The minimum absolute atomic E-state index is 0.263. The molecule has 4 heteroatoms. The molecule has 2 aromatic rings. The maximum absolute atomic E-state index is 6.24. The van der Waals surface area contributed by atoms with Crippen LogP contribution in [0.25, 0.3) is 0 Å². The minimum atomic E-state index is -0.263. The summed E-state index contributed by atoms with van der Waals surface area (Å²) in [5.74, 6) is 0.788. The molecule has 94 valence electrons. The van der Waals surface area contributed by atoms with Crippen molar-refractivity contribution < 1.29 is 4.74 Å². The normalized spacial score (nSPS) is 12.2. The van der Waals surface area contributed by atoms with E-state index in [0.717, 1.165) is 21.3 Å². The molecule has 0 amide bonds. The summed E-state index contributed by atoms with van der Waals surface area (Å²) in [4.78, 5) is 0. The molecule has 2 nitrogen and oxygen atoms in total. The number of benzene rings is 2. The number of methoxy groups -OCH3 is 1. The highest BCUT2D eigenvalue weighted by atomic mass is 79.9. The lowest BCUT2D eigenvalue weighted by atomic mass is 9.99. The van der Waals surface area contributed by atoms with E-state index in [9.17, 15) is 0 Å². The SMILES string of the molecule is COc1cccc(C(N)c2ccc(Br)cc2Cl)c1. The molecule has 18 heavy (non-hydrogen) atoms. The van der Waals surface area contributed by atoms with Gasteiger partial charge in [-0.1, -0.05) is 45.7 Å². The first-order valence-electron chi connectivity index (χ1n) is 5.46. The van der Waals surface area contributed by atoms with Gasteiger partial charge in [0.25, 0.3) is 0 Å². The van der Waals surface area contributed by atoms with Crippen LogP contribution < -0.4 is 10.5 Å². The maximum atomic E-state index is 6.24. The topological polar surface area (TPSA) is 35.2 Å². The van der Waals surface area contributed by atoms with Gasteiger partial charge in [-0.2, -0.15) is 0 Å². The van der Waals surface area contributed by atoms with E-state index in [-0.39, 0.29) is 6.04 Å². The minimum Gasteiger partial charge on any atom is -0.497 e. The van der Waals surface area contributed by atoms with Crippen LogP contribution in [-0.2, 0) is 0 Å². The quantitative estimate of drug-likeness (QED) is 0.919. The summed E-state index contributed by atoms with van der Waals surface area (Å²) in [7, 11) is 1.64. The largest absolute Gasteiger partial charge is 0.497 e. The van der Waals surface area contributed by atoms with Crippen LogP contribution >= 0.6 is 27.5 Å². The zero-order valence-corrected chi connectivity index (χ0v) is 12.2. The van der Waals surface area contributed by atoms with Crippen LogP contribution in [0, 0.1) is 0 Å². The van der Waals surface area contributed by atoms with Crippen LogP contribution in [0.5, 0.6) is 5.75 Å². The van der Waals surface area contributed by atoms with E-state index in [2.05, 4.69) is 15.9 Å². The average Bonchev–Trinajstić information content (AvgIpc) is 2.38. The number of halogens is 2. The molecule has 2 rings (SSSR count). The molecule has 0 radical (unpaired) electrons. The van der Waals surface area contributed by atoms with Gasteiger partial charge in [0.15, 0.2) is 0 Å². The molecule has 0 fully saturated rings. The van der Waals surface area contributed by atoms with E-state index in [1.165, 1.54) is 0 Å². The highest BCUT2D eigenvalue weighted by Gasteiger charge is 2.13. The number of hydrogen-bond acceptors (Lipinski definition) is 2. The Hall–Kier alpha value is -1.03. The first kappa shape index (κ1) is 13.4. The third-order valence-corrected chi connectivity index (χ3v) is 3.57. The molecule has 0 heterocycles. The van der Waals surface area contributed by atoms with Crippen molar-refractivity contribution in [2.75, 3.05) is 7.11 Å². The van der Waals surface area contributed by atoms with E-state index >= 15 is 0 Å². The summed E-state index contributed by atoms with van der Waals surface area (Å²) in [6.07, 6.45) is 0. The monoisotopic (exact) mass is 325 g/mol. The van der Waals surface area contributed by atoms with Crippen molar-refractivity contribution in [1.29, 1.82) is 0 Å². The fourth-order valence-electron chi connectivity index (χ4n) is 1.77. The second kappa shape index (κ2) is 5.74. The van der Waals surface area contributed by atoms with E-state index < -0.39 is 0 Å². The third-order valence-electron chi connectivity index (χ3n) is 2.75. The Kier molecular flexibility index (Phi) is 4.27. The summed E-state index contributed by atoms with van der Waals surface area (Å²) in [6, 6.07) is 13.1. The Balaban J connectivity index is 2.37. The number of hydrogen-bond donors (Lipinski definition) is 1. The zero-order valence-electron chi connectivity index (χ0n) is 9.86. The molecule has 2 N–H and O–H groups in total.